The third kappa shape index (κ3) is 0.687. The second-order valence-corrected chi connectivity index (χ2v) is 3.89. The molecule has 0 saturated heterocycles. The largest absolute Gasteiger partial charge is 0.399 e. The van der Waals surface area contributed by atoms with Crippen LogP contribution in [0.15, 0.2) is 42.5 Å². The van der Waals surface area contributed by atoms with Crippen molar-refractivity contribution in [1.29, 1.82) is 0 Å². The Morgan fingerprint density at radius 3 is 2.53 bits per heavy atom. The van der Waals surface area contributed by atoms with E-state index in [9.17, 15) is 0 Å². The number of anilines is 1. The van der Waals surface area contributed by atoms with Gasteiger partial charge in [-0.2, -0.15) is 0 Å². The van der Waals surface area contributed by atoms with Crippen LogP contribution in [-0.2, 0) is 0 Å². The maximum Gasteiger partial charge on any atom is 0.0915 e. The van der Waals surface area contributed by atoms with Crippen molar-refractivity contribution in [2.75, 3.05) is 5.73 Å². The molecule has 1 aromatic carbocycles. The van der Waals surface area contributed by atoms with E-state index in [-0.39, 0.29) is 0 Å². The van der Waals surface area contributed by atoms with E-state index >= 15 is 0 Å². The Balaban J connectivity index is 2.06. The van der Waals surface area contributed by atoms with E-state index in [4.69, 9.17) is 5.73 Å². The van der Waals surface area contributed by atoms with Crippen LogP contribution in [0.5, 0.6) is 0 Å². The fourth-order valence-electron chi connectivity index (χ4n) is 2.33. The minimum atomic E-state index is 0.802. The van der Waals surface area contributed by atoms with Gasteiger partial charge in [-0.3, -0.25) is 0 Å². The monoisotopic (exact) mass is 195 g/mol. The number of nitrogen functional groups attached to an aromatic ring is 1. The van der Waals surface area contributed by atoms with Crippen LogP contribution >= 0.6 is 0 Å². The van der Waals surface area contributed by atoms with E-state index < -0.39 is 0 Å². The third-order valence-electron chi connectivity index (χ3n) is 2.97. The van der Waals surface area contributed by atoms with Gasteiger partial charge in [-0.1, -0.05) is 6.07 Å². The average molecular weight is 195 g/mol. The Hall–Kier alpha value is -2.16. The van der Waals surface area contributed by atoms with Gasteiger partial charge in [0.15, 0.2) is 0 Å². The van der Waals surface area contributed by atoms with Crippen molar-refractivity contribution in [3.8, 4) is 5.69 Å². The maximum atomic E-state index is 5.78. The topological polar surface area (TPSA) is 35.4 Å². The van der Waals surface area contributed by atoms with E-state index in [1.165, 1.54) is 16.6 Å². The minimum Gasteiger partial charge on any atom is -0.399 e. The van der Waals surface area contributed by atoms with E-state index in [1.807, 2.05) is 18.2 Å². The SMILES string of the molecule is Nc1cccc(-n2c3cc4ccc3n42)c1. The van der Waals surface area contributed by atoms with E-state index in [0.717, 1.165) is 11.4 Å². The zero-order valence-corrected chi connectivity index (χ0v) is 8.01. The van der Waals surface area contributed by atoms with Crippen LogP contribution in [0.25, 0.3) is 22.2 Å². The van der Waals surface area contributed by atoms with Crippen molar-refractivity contribution < 1.29 is 0 Å². The number of nitrogens with zero attached hydrogens (tertiary/aromatic N) is 2. The van der Waals surface area contributed by atoms with Gasteiger partial charge in [0.1, 0.15) is 0 Å². The summed E-state index contributed by atoms with van der Waals surface area (Å²) in [5, 5.41) is 0. The molecule has 0 radical (unpaired) electrons. The summed E-state index contributed by atoms with van der Waals surface area (Å²) >= 11 is 0. The van der Waals surface area contributed by atoms with Crippen LogP contribution in [0.1, 0.15) is 0 Å². The molecule has 15 heavy (non-hydrogen) atoms. The van der Waals surface area contributed by atoms with Gasteiger partial charge >= 0.3 is 0 Å². The number of benzene rings is 2. The summed E-state index contributed by atoms with van der Waals surface area (Å²) in [6, 6.07) is 14.4. The lowest BCUT2D eigenvalue weighted by molar-refractivity contribution is 0.822. The third-order valence-corrected chi connectivity index (χ3v) is 2.97. The molecule has 5 aromatic rings. The molecule has 4 heterocycles. The summed E-state index contributed by atoms with van der Waals surface area (Å²) in [7, 11) is 0. The van der Waals surface area contributed by atoms with Gasteiger partial charge in [0.2, 0.25) is 0 Å². The molecule has 0 aliphatic carbocycles. The molecule has 0 amide bonds. The van der Waals surface area contributed by atoms with Crippen molar-refractivity contribution in [1.82, 2.24) is 9.20 Å². The maximum absolute atomic E-state index is 5.78. The van der Waals surface area contributed by atoms with Crippen LogP contribution in [0, 0.1) is 0 Å². The zero-order chi connectivity index (χ0) is 9.99. The molecule has 0 unspecified atom stereocenters. The Kier molecular flexibility index (Phi) is 0.997. The average Bonchev–Trinajstić information content (AvgIpc) is 2.82. The molecule has 4 bridgehead atoms. The Labute approximate surface area is 86.0 Å². The number of rotatable bonds is 1. The van der Waals surface area contributed by atoms with Gasteiger partial charge in [-0.25, -0.2) is 9.20 Å². The highest BCUT2D eigenvalue weighted by molar-refractivity contribution is 5.92. The zero-order valence-electron chi connectivity index (χ0n) is 8.01. The van der Waals surface area contributed by atoms with Crippen LogP contribution < -0.4 is 5.73 Å². The van der Waals surface area contributed by atoms with Gasteiger partial charge in [0.05, 0.1) is 22.2 Å². The van der Waals surface area contributed by atoms with Crippen molar-refractivity contribution in [3.63, 3.8) is 0 Å². The lowest BCUT2D eigenvalue weighted by atomic mass is 10.2. The first-order chi connectivity index (χ1) is 7.34. The Morgan fingerprint density at radius 2 is 1.87 bits per heavy atom. The summed E-state index contributed by atoms with van der Waals surface area (Å²) in [5.41, 5.74) is 11.5. The first-order valence-electron chi connectivity index (χ1n) is 4.94. The second kappa shape index (κ2) is 2.08. The molecule has 3 heteroatoms. The van der Waals surface area contributed by atoms with E-state index in [0.29, 0.717) is 0 Å². The van der Waals surface area contributed by atoms with Crippen LogP contribution in [0.3, 0.4) is 0 Å². The minimum absolute atomic E-state index is 0.802. The molecule has 0 atom stereocenters. The summed E-state index contributed by atoms with van der Waals surface area (Å²) in [5.74, 6) is 0. The highest BCUT2D eigenvalue weighted by Gasteiger charge is 2.19. The molecular formula is C12H9N3. The molecule has 0 aliphatic heterocycles. The molecule has 0 saturated carbocycles. The summed E-state index contributed by atoms with van der Waals surface area (Å²) in [4.78, 5) is 0. The summed E-state index contributed by atoms with van der Waals surface area (Å²) < 4.78 is 4.38. The summed E-state index contributed by atoms with van der Waals surface area (Å²) in [6.07, 6.45) is 0. The van der Waals surface area contributed by atoms with Gasteiger partial charge in [0.25, 0.3) is 0 Å². The number of hydrogen-bond acceptors (Lipinski definition) is 1. The summed E-state index contributed by atoms with van der Waals surface area (Å²) in [6.45, 7) is 0. The molecule has 0 spiro atoms. The van der Waals surface area contributed by atoms with Crippen molar-refractivity contribution in [2.45, 2.75) is 0 Å². The van der Waals surface area contributed by atoms with Crippen molar-refractivity contribution in [3.05, 3.63) is 42.5 Å². The first kappa shape index (κ1) is 7.17. The molecular weight excluding hydrogens is 186 g/mol. The lowest BCUT2D eigenvalue weighted by Crippen LogP contribution is -2.09. The van der Waals surface area contributed by atoms with E-state index in [2.05, 4.69) is 33.5 Å². The highest BCUT2D eigenvalue weighted by Crippen LogP contribution is 2.32. The van der Waals surface area contributed by atoms with Crippen molar-refractivity contribution in [2.24, 2.45) is 0 Å². The Bertz CT molecular complexity index is 717. The van der Waals surface area contributed by atoms with Gasteiger partial charge in [-0.15, -0.1) is 0 Å². The molecule has 5 rings (SSSR count). The number of nitrogens with two attached hydrogens (primary N) is 1. The lowest BCUT2D eigenvalue weighted by Gasteiger charge is -2.15. The van der Waals surface area contributed by atoms with Gasteiger partial charge in [-0.05, 0) is 36.4 Å². The van der Waals surface area contributed by atoms with Crippen molar-refractivity contribution >= 4 is 22.2 Å². The molecule has 0 aliphatic rings. The number of aromatic nitrogens is 2. The number of hydrogen-bond donors (Lipinski definition) is 1. The highest BCUT2D eigenvalue weighted by atomic mass is 15.4. The van der Waals surface area contributed by atoms with Crippen LogP contribution in [-0.4, -0.2) is 9.20 Å². The van der Waals surface area contributed by atoms with E-state index in [1.54, 1.807) is 0 Å². The Morgan fingerprint density at radius 1 is 0.933 bits per heavy atom. The predicted molar refractivity (Wildman–Crippen MR) is 61.0 cm³/mol. The predicted octanol–water partition coefficient (Wildman–Crippen LogP) is 2.34. The smallest absolute Gasteiger partial charge is 0.0915 e. The van der Waals surface area contributed by atoms with Gasteiger partial charge < -0.3 is 5.73 Å². The van der Waals surface area contributed by atoms with Crippen LogP contribution in [0.4, 0.5) is 5.69 Å². The fourth-order valence-corrected chi connectivity index (χ4v) is 2.33. The normalized spacial score (nSPS) is 12.3. The standard InChI is InChI=1S/C12H9N3/c13-8-2-1-3-9(6-8)15-12-7-10-4-5-11(12)14(10)15/h1-7H,13H2. The molecule has 3 nitrogen and oxygen atoms in total. The van der Waals surface area contributed by atoms with Gasteiger partial charge in [0, 0.05) is 5.69 Å². The molecule has 0 fully saturated rings. The van der Waals surface area contributed by atoms with Crippen LogP contribution in [0.2, 0.25) is 0 Å². The molecule has 72 valence electrons. The molecule has 4 aromatic heterocycles. The molecule has 2 N–H and O–H groups in total. The second-order valence-electron chi connectivity index (χ2n) is 3.89. The fraction of sp³-hybridized carbons (Fsp3) is 0. The quantitative estimate of drug-likeness (QED) is 0.465. The first-order valence-corrected chi connectivity index (χ1v) is 4.94.